The Morgan fingerprint density at radius 3 is 2.69 bits per heavy atom. The van der Waals surface area contributed by atoms with Crippen molar-refractivity contribution >= 4 is 41.3 Å². The Hall–Kier alpha value is -1.22. The minimum absolute atomic E-state index is 0. The van der Waals surface area contributed by atoms with Crippen molar-refractivity contribution in [3.8, 4) is 0 Å². The van der Waals surface area contributed by atoms with Crippen LogP contribution in [0.5, 0.6) is 0 Å². The van der Waals surface area contributed by atoms with E-state index in [4.69, 9.17) is 0 Å². The third-order valence-electron chi connectivity index (χ3n) is 4.70. The molecule has 4 nitrogen and oxygen atoms in total. The summed E-state index contributed by atoms with van der Waals surface area (Å²) in [4.78, 5) is 10.0. The van der Waals surface area contributed by atoms with Gasteiger partial charge in [0.25, 0.3) is 0 Å². The maximum Gasteiger partial charge on any atom is 0.191 e. The molecule has 1 saturated carbocycles. The van der Waals surface area contributed by atoms with Crippen LogP contribution in [0.2, 0.25) is 0 Å². The number of thiazole rings is 1. The highest BCUT2D eigenvalue weighted by atomic mass is 127. The van der Waals surface area contributed by atoms with E-state index in [1.165, 1.54) is 4.88 Å². The van der Waals surface area contributed by atoms with Crippen molar-refractivity contribution < 1.29 is 4.39 Å². The molecule has 1 aliphatic carbocycles. The number of halogens is 2. The lowest BCUT2D eigenvalue weighted by Crippen LogP contribution is -2.42. The van der Waals surface area contributed by atoms with Gasteiger partial charge in [-0.1, -0.05) is 25.1 Å². The first kappa shape index (κ1) is 21.1. The molecule has 2 N–H and O–H groups in total. The Kier molecular flexibility index (Phi) is 7.82. The van der Waals surface area contributed by atoms with Gasteiger partial charge in [-0.25, -0.2) is 9.37 Å². The van der Waals surface area contributed by atoms with Crippen LogP contribution >= 0.6 is 35.3 Å². The van der Waals surface area contributed by atoms with Crippen LogP contribution in [0.4, 0.5) is 4.39 Å². The molecule has 7 heteroatoms. The number of hydrogen-bond donors (Lipinski definition) is 2. The predicted molar refractivity (Wildman–Crippen MR) is 117 cm³/mol. The average Bonchev–Trinajstić information content (AvgIpc) is 3.27. The summed E-state index contributed by atoms with van der Waals surface area (Å²) in [6, 6.07) is 7.09. The van der Waals surface area contributed by atoms with Crippen molar-refractivity contribution in [2.24, 2.45) is 4.99 Å². The first-order chi connectivity index (χ1) is 12.2. The number of rotatable bonds is 7. The zero-order chi connectivity index (χ0) is 17.7. The fourth-order valence-electron chi connectivity index (χ4n) is 2.97. The third-order valence-corrected chi connectivity index (χ3v) is 5.90. The number of aliphatic imine (C=N–C) groups is 1. The molecular weight excluding hydrogens is 462 g/mol. The number of hydrogen-bond acceptors (Lipinski definition) is 3. The molecule has 0 radical (unpaired) electrons. The van der Waals surface area contributed by atoms with Gasteiger partial charge < -0.3 is 10.6 Å². The minimum Gasteiger partial charge on any atom is -0.356 e. The summed E-state index contributed by atoms with van der Waals surface area (Å²) in [5.74, 6) is 0.648. The van der Waals surface area contributed by atoms with Crippen molar-refractivity contribution in [3.63, 3.8) is 0 Å². The zero-order valence-corrected chi connectivity index (χ0v) is 18.4. The maximum atomic E-state index is 14.1. The van der Waals surface area contributed by atoms with Crippen LogP contribution in [0.3, 0.4) is 0 Å². The molecule has 1 aliphatic rings. The summed E-state index contributed by atoms with van der Waals surface area (Å²) in [5, 5.41) is 7.82. The van der Waals surface area contributed by atoms with E-state index in [0.717, 1.165) is 48.8 Å². The Morgan fingerprint density at radius 2 is 2.08 bits per heavy atom. The number of nitrogens with zero attached hydrogens (tertiary/aromatic N) is 2. The van der Waals surface area contributed by atoms with E-state index in [1.54, 1.807) is 30.5 Å². The number of aromatic nitrogens is 1. The van der Waals surface area contributed by atoms with Crippen molar-refractivity contribution in [1.82, 2.24) is 15.6 Å². The lowest BCUT2D eigenvalue weighted by Gasteiger charge is -2.19. The summed E-state index contributed by atoms with van der Waals surface area (Å²) in [5.41, 5.74) is 0.724. The van der Waals surface area contributed by atoms with Gasteiger partial charge >= 0.3 is 0 Å². The van der Waals surface area contributed by atoms with Gasteiger partial charge in [-0.15, -0.1) is 35.3 Å². The summed E-state index contributed by atoms with van der Waals surface area (Å²) in [6.45, 7) is 3.62. The smallest absolute Gasteiger partial charge is 0.191 e. The van der Waals surface area contributed by atoms with Crippen molar-refractivity contribution in [2.75, 3.05) is 20.1 Å². The van der Waals surface area contributed by atoms with Gasteiger partial charge in [-0.3, -0.25) is 4.99 Å². The second-order valence-corrected chi connectivity index (χ2v) is 7.64. The fourth-order valence-corrected chi connectivity index (χ4v) is 3.83. The maximum absolute atomic E-state index is 14.1. The monoisotopic (exact) mass is 488 g/mol. The van der Waals surface area contributed by atoms with Crippen molar-refractivity contribution in [3.05, 3.63) is 51.7 Å². The quantitative estimate of drug-likeness (QED) is 0.353. The highest BCUT2D eigenvalue weighted by molar-refractivity contribution is 14.0. The van der Waals surface area contributed by atoms with E-state index in [9.17, 15) is 4.39 Å². The highest BCUT2D eigenvalue weighted by Gasteiger charge is 2.45. The molecule has 0 unspecified atom stereocenters. The molecule has 0 spiro atoms. The molecule has 1 aromatic heterocycles. The molecule has 1 fully saturated rings. The van der Waals surface area contributed by atoms with E-state index in [-0.39, 0.29) is 35.2 Å². The first-order valence-corrected chi connectivity index (χ1v) is 9.61. The third kappa shape index (κ3) is 5.16. The topological polar surface area (TPSA) is 49.3 Å². The molecular formula is C19H26FIN4S. The van der Waals surface area contributed by atoms with E-state index in [0.29, 0.717) is 6.54 Å². The van der Waals surface area contributed by atoms with Gasteiger partial charge in [-0.2, -0.15) is 0 Å². The Morgan fingerprint density at radius 1 is 1.31 bits per heavy atom. The van der Waals surface area contributed by atoms with Crippen LogP contribution in [-0.4, -0.2) is 31.1 Å². The Balaban J connectivity index is 0.00000243. The number of nitrogens with one attached hydrogen (secondary N) is 2. The van der Waals surface area contributed by atoms with Gasteiger partial charge in [0, 0.05) is 43.0 Å². The molecule has 0 saturated heterocycles. The molecule has 1 heterocycles. The minimum atomic E-state index is -0.111. The van der Waals surface area contributed by atoms with Gasteiger partial charge in [0.2, 0.25) is 0 Å². The Bertz CT molecular complexity index is 743. The molecule has 3 rings (SSSR count). The van der Waals surface area contributed by atoms with E-state index in [2.05, 4.69) is 27.5 Å². The van der Waals surface area contributed by atoms with Gasteiger partial charge in [0.15, 0.2) is 5.96 Å². The van der Waals surface area contributed by atoms with Crippen LogP contribution in [0.1, 0.15) is 35.2 Å². The van der Waals surface area contributed by atoms with Crippen LogP contribution in [-0.2, 0) is 18.3 Å². The number of aryl methyl sites for hydroxylation is 1. The SMILES string of the molecule is CCc1cnc(CCNC(=NC)NCC2(c3ccccc3F)CC2)s1.I. The Labute approximate surface area is 175 Å². The first-order valence-electron chi connectivity index (χ1n) is 8.80. The molecule has 0 bridgehead atoms. The zero-order valence-electron chi connectivity index (χ0n) is 15.2. The molecule has 1 aromatic carbocycles. The average molecular weight is 488 g/mol. The highest BCUT2D eigenvalue weighted by Crippen LogP contribution is 2.48. The summed E-state index contributed by atoms with van der Waals surface area (Å²) in [6.07, 6.45) is 5.89. The van der Waals surface area contributed by atoms with Crippen molar-refractivity contribution in [2.45, 2.75) is 38.0 Å². The largest absolute Gasteiger partial charge is 0.356 e. The lowest BCUT2D eigenvalue weighted by molar-refractivity contribution is 0.559. The molecule has 0 atom stereocenters. The molecule has 26 heavy (non-hydrogen) atoms. The van der Waals surface area contributed by atoms with E-state index >= 15 is 0 Å². The van der Waals surface area contributed by atoms with Gasteiger partial charge in [-0.05, 0) is 30.9 Å². The summed E-state index contributed by atoms with van der Waals surface area (Å²) >= 11 is 1.77. The fraction of sp³-hybridized carbons (Fsp3) is 0.474. The van der Waals surface area contributed by atoms with Crippen LogP contribution in [0, 0.1) is 5.82 Å². The lowest BCUT2D eigenvalue weighted by atomic mass is 9.95. The second kappa shape index (κ2) is 9.64. The van der Waals surface area contributed by atoms with Crippen LogP contribution in [0.15, 0.2) is 35.5 Å². The van der Waals surface area contributed by atoms with Gasteiger partial charge in [0.1, 0.15) is 5.82 Å². The van der Waals surface area contributed by atoms with Crippen LogP contribution < -0.4 is 10.6 Å². The van der Waals surface area contributed by atoms with Crippen molar-refractivity contribution in [1.29, 1.82) is 0 Å². The second-order valence-electron chi connectivity index (χ2n) is 6.44. The molecule has 142 valence electrons. The number of guanidine groups is 1. The normalized spacial score (nSPS) is 15.3. The van der Waals surface area contributed by atoms with Gasteiger partial charge in [0.05, 0.1) is 5.01 Å². The summed E-state index contributed by atoms with van der Waals surface area (Å²) in [7, 11) is 1.76. The number of benzene rings is 1. The molecule has 0 amide bonds. The molecule has 2 aromatic rings. The predicted octanol–water partition coefficient (Wildman–Crippen LogP) is 3.90. The molecule has 0 aliphatic heterocycles. The standard InChI is InChI=1S/C19H25FN4S.HI/c1-3-14-12-23-17(25-14)8-11-22-18(21-2)24-13-19(9-10-19)15-6-4-5-7-16(15)20;/h4-7,12H,3,8-11,13H2,1-2H3,(H2,21,22,24);1H. The van der Waals surface area contributed by atoms with E-state index in [1.807, 2.05) is 18.3 Å². The van der Waals surface area contributed by atoms with E-state index < -0.39 is 0 Å². The summed E-state index contributed by atoms with van der Waals surface area (Å²) < 4.78 is 14.1. The van der Waals surface area contributed by atoms with Crippen LogP contribution in [0.25, 0.3) is 0 Å².